The van der Waals surface area contributed by atoms with E-state index in [1.807, 2.05) is 13.8 Å². The maximum absolute atomic E-state index is 9.82. The Labute approximate surface area is 111 Å². The number of aldehydes is 2. The molecule has 0 amide bonds. The largest absolute Gasteiger partial charge is 0.324 e. The van der Waals surface area contributed by atoms with Crippen molar-refractivity contribution in [2.75, 3.05) is 6.54 Å². The van der Waals surface area contributed by atoms with Gasteiger partial charge in [0.15, 0.2) is 0 Å². The standard InChI is InChI=1S/C5H11NO.C2H5NO.6CH4/c1-4(2)5(6)3-7;3-1-2-4;;;;;;/h3-5H,6H2,1-2H3;2H,1,3H2;6*1H4/t5-;;;;;;;/m0......./s1. The van der Waals surface area contributed by atoms with Crippen LogP contribution in [0.4, 0.5) is 0 Å². The minimum absolute atomic E-state index is 0. The summed E-state index contributed by atoms with van der Waals surface area (Å²) in [5, 5.41) is 0. The lowest BCUT2D eigenvalue weighted by Crippen LogP contribution is -2.27. The average molecular weight is 256 g/mol. The summed E-state index contributed by atoms with van der Waals surface area (Å²) in [7, 11) is 0. The van der Waals surface area contributed by atoms with Crippen molar-refractivity contribution >= 4 is 12.6 Å². The first-order chi connectivity index (χ1) is 5.09. The van der Waals surface area contributed by atoms with Crippen LogP contribution in [0, 0.1) is 5.92 Å². The molecule has 0 rings (SSSR count). The van der Waals surface area contributed by atoms with Gasteiger partial charge in [-0.2, -0.15) is 0 Å². The van der Waals surface area contributed by atoms with Crippen LogP contribution < -0.4 is 11.5 Å². The molecule has 1 atom stereocenters. The number of nitrogens with two attached hydrogens (primary N) is 2. The van der Waals surface area contributed by atoms with Crippen molar-refractivity contribution in [1.29, 1.82) is 0 Å². The van der Waals surface area contributed by atoms with E-state index in [4.69, 9.17) is 10.5 Å². The molecule has 0 unspecified atom stereocenters. The van der Waals surface area contributed by atoms with Crippen molar-refractivity contribution in [3.8, 4) is 0 Å². The van der Waals surface area contributed by atoms with Gasteiger partial charge in [-0.15, -0.1) is 0 Å². The highest BCUT2D eigenvalue weighted by Gasteiger charge is 2.02. The summed E-state index contributed by atoms with van der Waals surface area (Å²) in [6.07, 6.45) is 1.42. The molecule has 0 aliphatic heterocycles. The van der Waals surface area contributed by atoms with Crippen molar-refractivity contribution in [1.82, 2.24) is 0 Å². The summed E-state index contributed by atoms with van der Waals surface area (Å²) < 4.78 is 0. The Morgan fingerprint density at radius 3 is 1.18 bits per heavy atom. The van der Waals surface area contributed by atoms with Gasteiger partial charge >= 0.3 is 0 Å². The molecule has 0 bridgehead atoms. The smallest absolute Gasteiger partial charge is 0.136 e. The summed E-state index contributed by atoms with van der Waals surface area (Å²) in [5.74, 6) is 0.275. The molecule has 0 radical (unpaired) electrons. The van der Waals surface area contributed by atoms with Gasteiger partial charge in [-0.05, 0) is 5.92 Å². The third kappa shape index (κ3) is 68.5. The minimum atomic E-state index is -0.278. The Kier molecular flexibility index (Phi) is 148. The molecule has 0 aromatic heterocycles. The summed E-state index contributed by atoms with van der Waals surface area (Å²) in [6, 6.07) is -0.278. The van der Waals surface area contributed by atoms with E-state index >= 15 is 0 Å². The van der Waals surface area contributed by atoms with Crippen LogP contribution in [0.1, 0.15) is 58.4 Å². The maximum Gasteiger partial charge on any atom is 0.136 e. The third-order valence-electron chi connectivity index (χ3n) is 1.02. The Morgan fingerprint density at radius 2 is 1.18 bits per heavy atom. The lowest BCUT2D eigenvalue weighted by molar-refractivity contribution is -0.109. The Hall–Kier alpha value is -0.740. The zero-order chi connectivity index (χ0) is 9.28. The second kappa shape index (κ2) is 45.5. The molecule has 17 heavy (non-hydrogen) atoms. The van der Waals surface area contributed by atoms with Crippen LogP contribution >= 0.6 is 0 Å². The fraction of sp³-hybridized carbons (Fsp3) is 0.846. The zero-order valence-electron chi connectivity index (χ0n) is 6.99. The summed E-state index contributed by atoms with van der Waals surface area (Å²) in [4.78, 5) is 18.9. The van der Waals surface area contributed by atoms with E-state index in [1.54, 1.807) is 0 Å². The van der Waals surface area contributed by atoms with Gasteiger partial charge < -0.3 is 21.1 Å². The fourth-order valence-electron chi connectivity index (χ4n) is 0.157. The molecule has 4 heteroatoms. The van der Waals surface area contributed by atoms with Crippen molar-refractivity contribution in [2.24, 2.45) is 17.4 Å². The quantitative estimate of drug-likeness (QED) is 0.760. The van der Waals surface area contributed by atoms with Gasteiger partial charge in [-0.25, -0.2) is 0 Å². The van der Waals surface area contributed by atoms with E-state index in [0.717, 1.165) is 6.29 Å². The molecule has 114 valence electrons. The highest BCUT2D eigenvalue weighted by Crippen LogP contribution is 1.92. The number of hydrogen-bond donors (Lipinski definition) is 2. The first-order valence-corrected chi connectivity index (χ1v) is 3.44. The zero-order valence-corrected chi connectivity index (χ0v) is 6.99. The highest BCUT2D eigenvalue weighted by atomic mass is 16.1. The van der Waals surface area contributed by atoms with Gasteiger partial charge in [-0.3, -0.25) is 0 Å². The Balaban J connectivity index is -0.0000000125. The molecule has 0 aliphatic rings. The molecule has 0 fully saturated rings. The average Bonchev–Trinajstić information content (AvgIpc) is 2.03. The van der Waals surface area contributed by atoms with E-state index in [1.165, 1.54) is 0 Å². The number of carbonyl (C=O) groups is 2. The van der Waals surface area contributed by atoms with Gasteiger partial charge in [0, 0.05) is 6.54 Å². The van der Waals surface area contributed by atoms with Crippen LogP contribution in [0.5, 0.6) is 0 Å². The Morgan fingerprint density at radius 1 is 0.941 bits per heavy atom. The minimum Gasteiger partial charge on any atom is -0.324 e. The maximum atomic E-state index is 9.82. The van der Waals surface area contributed by atoms with Gasteiger partial charge in [0.2, 0.25) is 0 Å². The second-order valence-corrected chi connectivity index (χ2v) is 2.36. The third-order valence-corrected chi connectivity index (χ3v) is 1.02. The summed E-state index contributed by atoms with van der Waals surface area (Å²) in [5.41, 5.74) is 9.91. The molecule has 0 aromatic carbocycles. The Bertz CT molecular complexity index is 108. The molecule has 0 saturated carbocycles. The van der Waals surface area contributed by atoms with E-state index in [0.29, 0.717) is 6.29 Å². The van der Waals surface area contributed by atoms with E-state index in [9.17, 15) is 4.79 Å². The van der Waals surface area contributed by atoms with Gasteiger partial charge in [0.05, 0.1) is 6.04 Å². The van der Waals surface area contributed by atoms with Crippen LogP contribution in [0.15, 0.2) is 0 Å². The summed E-state index contributed by atoms with van der Waals surface area (Å²) >= 11 is 0. The predicted octanol–water partition coefficient (Wildman–Crippen LogP) is 3.13. The van der Waals surface area contributed by atoms with Crippen LogP contribution in [-0.2, 0) is 9.59 Å². The van der Waals surface area contributed by atoms with Crippen LogP contribution in [-0.4, -0.2) is 25.2 Å². The predicted molar refractivity (Wildman–Crippen MR) is 84.4 cm³/mol. The van der Waals surface area contributed by atoms with Crippen molar-refractivity contribution < 1.29 is 9.59 Å². The highest BCUT2D eigenvalue weighted by molar-refractivity contribution is 5.57. The molecule has 4 nitrogen and oxygen atoms in total. The molecular formula is C13H40N2O2. The van der Waals surface area contributed by atoms with E-state index in [2.05, 4.69) is 5.73 Å². The first kappa shape index (κ1) is 55.5. The fourth-order valence-corrected chi connectivity index (χ4v) is 0.157. The van der Waals surface area contributed by atoms with E-state index < -0.39 is 0 Å². The molecule has 0 heterocycles. The lowest BCUT2D eigenvalue weighted by atomic mass is 10.1. The molecular weight excluding hydrogens is 216 g/mol. The molecule has 0 aromatic rings. The first-order valence-electron chi connectivity index (χ1n) is 3.44. The van der Waals surface area contributed by atoms with Crippen molar-refractivity contribution in [3.63, 3.8) is 0 Å². The number of carbonyl (C=O) groups excluding carboxylic acids is 2. The molecule has 0 spiro atoms. The SMILES string of the molecule is C.C.C.C.C.C.CC(C)[C@@H](N)C=O.NCC=O. The number of rotatable bonds is 3. The summed E-state index contributed by atoms with van der Waals surface area (Å²) in [6.45, 7) is 3.97. The lowest BCUT2D eigenvalue weighted by Gasteiger charge is -2.04. The monoisotopic (exact) mass is 256 g/mol. The van der Waals surface area contributed by atoms with E-state index in [-0.39, 0.29) is 63.1 Å². The normalized spacial score (nSPS) is 7.35. The van der Waals surface area contributed by atoms with Gasteiger partial charge in [-0.1, -0.05) is 58.4 Å². The van der Waals surface area contributed by atoms with Gasteiger partial charge in [0.25, 0.3) is 0 Å². The molecule has 0 aliphatic carbocycles. The topological polar surface area (TPSA) is 86.2 Å². The molecule has 4 N–H and O–H groups in total. The van der Waals surface area contributed by atoms with Crippen LogP contribution in [0.3, 0.4) is 0 Å². The van der Waals surface area contributed by atoms with Crippen molar-refractivity contribution in [3.05, 3.63) is 0 Å². The van der Waals surface area contributed by atoms with Crippen LogP contribution in [0.25, 0.3) is 0 Å². The molecule has 0 saturated heterocycles. The number of hydrogen-bond acceptors (Lipinski definition) is 4. The van der Waals surface area contributed by atoms with Crippen molar-refractivity contribution in [2.45, 2.75) is 64.4 Å². The van der Waals surface area contributed by atoms with Gasteiger partial charge in [0.1, 0.15) is 12.6 Å². The second-order valence-electron chi connectivity index (χ2n) is 2.36. The van der Waals surface area contributed by atoms with Crippen LogP contribution in [0.2, 0.25) is 0 Å².